The van der Waals surface area contributed by atoms with Crippen LogP contribution >= 0.6 is 11.3 Å². The van der Waals surface area contributed by atoms with Crippen molar-refractivity contribution in [1.29, 1.82) is 0 Å². The minimum absolute atomic E-state index is 0.0445. The SMILES string of the molecule is CN1CCN(c2ncc(S(=O)(=O)N3CCC(Nc4nc(N)c(C(=O)c5c(F)cccc5F)s4)CC3)cn2)CC1. The maximum Gasteiger partial charge on any atom is 0.246 e. The molecular weight excluding hydrogens is 550 g/mol. The second-order valence-corrected chi connectivity index (χ2v) is 12.4. The topological polar surface area (TPSA) is 138 Å². The van der Waals surface area contributed by atoms with E-state index in [1.165, 1.54) is 22.8 Å². The fourth-order valence-electron chi connectivity index (χ4n) is 4.56. The lowest BCUT2D eigenvalue weighted by Crippen LogP contribution is -2.45. The molecule has 2 fully saturated rings. The van der Waals surface area contributed by atoms with Gasteiger partial charge in [0, 0.05) is 45.3 Å². The number of piperazine rings is 1. The largest absolute Gasteiger partial charge is 0.382 e. The van der Waals surface area contributed by atoms with Gasteiger partial charge in [0.25, 0.3) is 0 Å². The molecule has 0 atom stereocenters. The molecule has 4 heterocycles. The average molecular weight is 579 g/mol. The molecule has 0 radical (unpaired) electrons. The molecule has 2 aliphatic rings. The van der Waals surface area contributed by atoms with E-state index in [0.29, 0.717) is 23.9 Å². The Hall–Kier alpha value is -3.27. The molecule has 15 heteroatoms. The molecule has 1 aromatic carbocycles. The monoisotopic (exact) mass is 578 g/mol. The quantitative estimate of drug-likeness (QED) is 0.401. The molecule has 5 rings (SSSR count). The fraction of sp³-hybridized carbons (Fsp3) is 0.417. The van der Waals surface area contributed by atoms with Crippen molar-refractivity contribution in [3.63, 3.8) is 0 Å². The van der Waals surface area contributed by atoms with Crippen LogP contribution in [0.1, 0.15) is 28.1 Å². The predicted molar refractivity (Wildman–Crippen MR) is 143 cm³/mol. The summed E-state index contributed by atoms with van der Waals surface area (Å²) in [7, 11) is -1.71. The summed E-state index contributed by atoms with van der Waals surface area (Å²) in [6, 6.07) is 3.05. The van der Waals surface area contributed by atoms with Gasteiger partial charge in [0.15, 0.2) is 5.13 Å². The molecule has 2 saturated heterocycles. The number of nitrogens with zero attached hydrogens (tertiary/aromatic N) is 6. The normalized spacial score (nSPS) is 17.9. The number of ketones is 1. The highest BCUT2D eigenvalue weighted by Gasteiger charge is 2.31. The van der Waals surface area contributed by atoms with Crippen molar-refractivity contribution in [2.45, 2.75) is 23.8 Å². The van der Waals surface area contributed by atoms with E-state index in [-0.39, 0.29) is 34.7 Å². The van der Waals surface area contributed by atoms with Crippen LogP contribution in [0, 0.1) is 11.6 Å². The van der Waals surface area contributed by atoms with E-state index in [4.69, 9.17) is 5.73 Å². The lowest BCUT2D eigenvalue weighted by atomic mass is 10.1. The lowest BCUT2D eigenvalue weighted by Gasteiger charge is -2.32. The molecule has 0 saturated carbocycles. The molecule has 0 spiro atoms. The van der Waals surface area contributed by atoms with Gasteiger partial charge in [-0.15, -0.1) is 0 Å². The molecule has 208 valence electrons. The standard InChI is InChI=1S/C24H28F2N8O3S2/c1-32-9-11-33(12-10-32)23-28-13-16(14-29-23)39(36,37)34-7-5-15(6-8-34)30-24-31-22(27)21(38-24)20(35)19-17(25)3-2-4-18(19)26/h2-4,13-15H,5-12,27H2,1H3,(H,30,31). The van der Waals surface area contributed by atoms with Crippen LogP contribution in [0.4, 0.5) is 25.7 Å². The summed E-state index contributed by atoms with van der Waals surface area (Å²) < 4.78 is 55.9. The van der Waals surface area contributed by atoms with E-state index < -0.39 is 33.0 Å². The molecule has 11 nitrogen and oxygen atoms in total. The zero-order valence-electron chi connectivity index (χ0n) is 21.2. The average Bonchev–Trinajstić information content (AvgIpc) is 3.29. The van der Waals surface area contributed by atoms with Gasteiger partial charge >= 0.3 is 0 Å². The van der Waals surface area contributed by atoms with Crippen LogP contribution in [0.5, 0.6) is 0 Å². The van der Waals surface area contributed by atoms with E-state index in [0.717, 1.165) is 49.6 Å². The van der Waals surface area contributed by atoms with Gasteiger partial charge in [-0.25, -0.2) is 32.2 Å². The third-order valence-corrected chi connectivity index (χ3v) is 9.72. The first kappa shape index (κ1) is 27.3. The Labute approximate surface area is 228 Å². The van der Waals surface area contributed by atoms with E-state index in [1.807, 2.05) is 11.9 Å². The summed E-state index contributed by atoms with van der Waals surface area (Å²) in [6.45, 7) is 3.86. The van der Waals surface area contributed by atoms with Crippen LogP contribution in [0.25, 0.3) is 0 Å². The number of nitrogen functional groups attached to an aromatic ring is 1. The minimum Gasteiger partial charge on any atom is -0.382 e. The van der Waals surface area contributed by atoms with Crippen LogP contribution in [0.3, 0.4) is 0 Å². The number of hydrogen-bond acceptors (Lipinski definition) is 11. The van der Waals surface area contributed by atoms with Gasteiger partial charge in [0.2, 0.25) is 21.8 Å². The maximum absolute atomic E-state index is 14.1. The Morgan fingerprint density at radius 1 is 1.05 bits per heavy atom. The minimum atomic E-state index is -3.76. The smallest absolute Gasteiger partial charge is 0.246 e. The number of halogens is 2. The predicted octanol–water partition coefficient (Wildman–Crippen LogP) is 2.04. The van der Waals surface area contributed by atoms with Gasteiger partial charge in [-0.2, -0.15) is 4.31 Å². The van der Waals surface area contributed by atoms with Crippen LogP contribution in [0.2, 0.25) is 0 Å². The van der Waals surface area contributed by atoms with Gasteiger partial charge in [-0.05, 0) is 32.0 Å². The number of rotatable bonds is 7. The van der Waals surface area contributed by atoms with Gasteiger partial charge in [0.05, 0.1) is 18.0 Å². The van der Waals surface area contributed by atoms with Gasteiger partial charge < -0.3 is 20.9 Å². The van der Waals surface area contributed by atoms with E-state index in [2.05, 4.69) is 25.2 Å². The second-order valence-electron chi connectivity index (χ2n) is 9.49. The molecule has 0 aliphatic carbocycles. The highest BCUT2D eigenvalue weighted by Crippen LogP contribution is 2.31. The van der Waals surface area contributed by atoms with E-state index in [9.17, 15) is 22.0 Å². The van der Waals surface area contributed by atoms with Crippen molar-refractivity contribution in [2.75, 3.05) is 62.3 Å². The van der Waals surface area contributed by atoms with Crippen molar-refractivity contribution in [3.8, 4) is 0 Å². The Morgan fingerprint density at radius 2 is 1.67 bits per heavy atom. The second kappa shape index (κ2) is 11.1. The molecule has 39 heavy (non-hydrogen) atoms. The number of sulfonamides is 1. The van der Waals surface area contributed by atoms with Gasteiger partial charge in [-0.3, -0.25) is 4.79 Å². The molecule has 0 unspecified atom stereocenters. The van der Waals surface area contributed by atoms with E-state index >= 15 is 0 Å². The first-order chi connectivity index (χ1) is 18.6. The summed E-state index contributed by atoms with van der Waals surface area (Å²) in [5, 5.41) is 3.49. The van der Waals surface area contributed by atoms with E-state index in [1.54, 1.807) is 0 Å². The van der Waals surface area contributed by atoms with Crippen LogP contribution in [-0.4, -0.2) is 90.7 Å². The van der Waals surface area contributed by atoms with Crippen LogP contribution < -0.4 is 16.0 Å². The number of carbonyl (C=O) groups excluding carboxylic acids is 1. The zero-order valence-corrected chi connectivity index (χ0v) is 22.8. The summed E-state index contributed by atoms with van der Waals surface area (Å²) in [5.74, 6) is -2.45. The summed E-state index contributed by atoms with van der Waals surface area (Å²) in [5.41, 5.74) is 5.20. The molecule has 0 amide bonds. The third kappa shape index (κ3) is 5.71. The summed E-state index contributed by atoms with van der Waals surface area (Å²) in [6.07, 6.45) is 3.67. The van der Waals surface area contributed by atoms with Crippen LogP contribution in [-0.2, 0) is 10.0 Å². The first-order valence-corrected chi connectivity index (χ1v) is 14.7. The Morgan fingerprint density at radius 3 is 2.28 bits per heavy atom. The number of nitrogens with two attached hydrogens (primary N) is 1. The summed E-state index contributed by atoms with van der Waals surface area (Å²) in [4.78, 5) is 29.7. The number of thiazole rings is 1. The number of likely N-dealkylation sites (N-methyl/N-ethyl adjacent to an activating group) is 1. The van der Waals surface area contributed by atoms with Crippen molar-refractivity contribution >= 4 is 44.0 Å². The first-order valence-electron chi connectivity index (χ1n) is 12.4. The number of piperidine rings is 1. The Kier molecular flexibility index (Phi) is 7.75. The lowest BCUT2D eigenvalue weighted by molar-refractivity contribution is 0.103. The highest BCUT2D eigenvalue weighted by molar-refractivity contribution is 7.89. The van der Waals surface area contributed by atoms with Crippen molar-refractivity contribution in [1.82, 2.24) is 24.2 Å². The van der Waals surface area contributed by atoms with Crippen LogP contribution in [0.15, 0.2) is 35.5 Å². The number of carbonyl (C=O) groups is 1. The highest BCUT2D eigenvalue weighted by atomic mass is 32.2. The Bertz CT molecular complexity index is 1430. The number of anilines is 3. The molecule has 3 N–H and O–H groups in total. The van der Waals surface area contributed by atoms with Gasteiger partial charge in [-0.1, -0.05) is 17.4 Å². The van der Waals surface area contributed by atoms with Gasteiger partial charge in [0.1, 0.15) is 27.2 Å². The number of aromatic nitrogens is 3. The summed E-state index contributed by atoms with van der Waals surface area (Å²) >= 11 is 0.905. The van der Waals surface area contributed by atoms with Crippen molar-refractivity contribution in [3.05, 3.63) is 52.7 Å². The number of hydrogen-bond donors (Lipinski definition) is 2. The van der Waals surface area contributed by atoms with Crippen molar-refractivity contribution < 1.29 is 22.0 Å². The fourth-order valence-corrected chi connectivity index (χ4v) is 6.83. The number of nitrogens with one attached hydrogen (secondary N) is 1. The maximum atomic E-state index is 14.1. The Balaban J connectivity index is 1.19. The van der Waals surface area contributed by atoms with Crippen molar-refractivity contribution in [2.24, 2.45) is 0 Å². The number of benzene rings is 1. The molecule has 0 bridgehead atoms. The third-order valence-electron chi connectivity index (χ3n) is 6.87. The molecule has 2 aromatic heterocycles. The molecule has 2 aliphatic heterocycles. The zero-order chi connectivity index (χ0) is 27.7. The molecule has 3 aromatic rings. The molecular formula is C24H28F2N8O3S2.